The predicted octanol–water partition coefficient (Wildman–Crippen LogP) is 4.47. The Labute approximate surface area is 162 Å². The Morgan fingerprint density at radius 2 is 1.70 bits per heavy atom. The van der Waals surface area contributed by atoms with Crippen molar-refractivity contribution in [1.82, 2.24) is 0 Å². The number of benzene rings is 2. The van der Waals surface area contributed by atoms with Gasteiger partial charge in [-0.05, 0) is 39.3 Å². The van der Waals surface area contributed by atoms with Gasteiger partial charge in [-0.25, -0.2) is 4.79 Å². The van der Waals surface area contributed by atoms with Crippen LogP contribution in [0.25, 0.3) is 0 Å². The second kappa shape index (κ2) is 7.97. The highest BCUT2D eigenvalue weighted by atomic mass is 16.6. The van der Waals surface area contributed by atoms with Crippen LogP contribution in [0.15, 0.2) is 61.2 Å². The monoisotopic (exact) mass is 367 g/mol. The summed E-state index contributed by atoms with van der Waals surface area (Å²) in [6, 6.07) is 15.1. The van der Waals surface area contributed by atoms with Gasteiger partial charge in [-0.15, -0.1) is 6.58 Å². The van der Waals surface area contributed by atoms with Gasteiger partial charge in [0.2, 0.25) is 0 Å². The maximum atomic E-state index is 13.3. The van der Waals surface area contributed by atoms with E-state index >= 15 is 0 Å². The highest BCUT2D eigenvalue weighted by Gasteiger charge is 2.46. The van der Waals surface area contributed by atoms with Gasteiger partial charge in [0.25, 0.3) is 0 Å². The molecule has 0 saturated carbocycles. The topological polar surface area (TPSA) is 61.5 Å². The van der Waals surface area contributed by atoms with Crippen LogP contribution in [0.5, 0.6) is 5.75 Å². The van der Waals surface area contributed by atoms with Crippen LogP contribution in [-0.4, -0.2) is 18.7 Å². The van der Waals surface area contributed by atoms with Crippen molar-refractivity contribution in [3.05, 3.63) is 77.9 Å². The summed E-state index contributed by atoms with van der Waals surface area (Å²) in [5.41, 5.74) is 7.24. The molecule has 0 aliphatic rings. The molecule has 0 bridgehead atoms. The summed E-state index contributed by atoms with van der Waals surface area (Å²) in [6.45, 7) is 11.4. The zero-order valence-electron chi connectivity index (χ0n) is 16.8. The molecule has 4 nitrogen and oxygen atoms in total. The zero-order valence-corrected chi connectivity index (χ0v) is 16.8. The van der Waals surface area contributed by atoms with E-state index < -0.39 is 23.0 Å². The first kappa shape index (κ1) is 20.7. The summed E-state index contributed by atoms with van der Waals surface area (Å²) < 4.78 is 11.2. The molecule has 0 unspecified atom stereocenters. The first-order valence-corrected chi connectivity index (χ1v) is 8.98. The molecule has 4 heteroatoms. The second-order valence-corrected chi connectivity index (χ2v) is 7.69. The van der Waals surface area contributed by atoms with Gasteiger partial charge in [-0.2, -0.15) is 0 Å². The van der Waals surface area contributed by atoms with Crippen molar-refractivity contribution in [2.24, 2.45) is 5.73 Å². The lowest BCUT2D eigenvalue weighted by Gasteiger charge is -2.37. The predicted molar refractivity (Wildman–Crippen MR) is 109 cm³/mol. The fraction of sp³-hybridized carbons (Fsp3) is 0.348. The van der Waals surface area contributed by atoms with E-state index in [1.165, 1.54) is 0 Å². The smallest absolute Gasteiger partial charge is 0.332 e. The van der Waals surface area contributed by atoms with Crippen molar-refractivity contribution in [3.63, 3.8) is 0 Å². The van der Waals surface area contributed by atoms with E-state index in [1.807, 2.05) is 76.2 Å². The highest BCUT2D eigenvalue weighted by Crippen LogP contribution is 2.41. The molecule has 0 amide bonds. The van der Waals surface area contributed by atoms with Crippen LogP contribution in [0.3, 0.4) is 0 Å². The molecule has 27 heavy (non-hydrogen) atoms. The van der Waals surface area contributed by atoms with Gasteiger partial charge in [0.1, 0.15) is 11.4 Å². The van der Waals surface area contributed by atoms with Crippen LogP contribution >= 0.6 is 0 Å². The third-order valence-corrected chi connectivity index (χ3v) is 4.47. The molecule has 2 aromatic rings. The lowest BCUT2D eigenvalue weighted by molar-refractivity contribution is -0.162. The lowest BCUT2D eigenvalue weighted by Crippen LogP contribution is -2.52. The van der Waals surface area contributed by atoms with Crippen LogP contribution < -0.4 is 10.5 Å². The number of nitrogens with two attached hydrogens (primary N) is 1. The van der Waals surface area contributed by atoms with E-state index in [4.69, 9.17) is 15.2 Å². The van der Waals surface area contributed by atoms with E-state index in [9.17, 15) is 4.79 Å². The maximum absolute atomic E-state index is 13.3. The molecule has 0 aliphatic carbocycles. The molecular formula is C23H29NO3. The molecule has 0 fully saturated rings. The van der Waals surface area contributed by atoms with E-state index in [0.717, 1.165) is 11.1 Å². The summed E-state index contributed by atoms with van der Waals surface area (Å²) in [5.74, 6) is -0.395. The van der Waals surface area contributed by atoms with E-state index in [1.54, 1.807) is 13.2 Å². The molecule has 0 aliphatic heterocycles. The third kappa shape index (κ3) is 4.40. The molecular weight excluding hydrogens is 338 g/mol. The number of hydrogen-bond acceptors (Lipinski definition) is 4. The molecule has 0 aromatic heterocycles. The van der Waals surface area contributed by atoms with E-state index in [-0.39, 0.29) is 0 Å². The molecule has 0 heterocycles. The Morgan fingerprint density at radius 1 is 1.11 bits per heavy atom. The number of rotatable bonds is 6. The normalized spacial score (nSPS) is 14.7. The van der Waals surface area contributed by atoms with Crippen LogP contribution in [0.1, 0.15) is 43.4 Å². The number of methoxy groups -OCH3 is 1. The third-order valence-electron chi connectivity index (χ3n) is 4.47. The molecule has 2 aromatic carbocycles. The Kier molecular flexibility index (Phi) is 6.11. The van der Waals surface area contributed by atoms with Gasteiger partial charge in [0, 0.05) is 11.5 Å². The molecule has 2 atom stereocenters. The van der Waals surface area contributed by atoms with Crippen LogP contribution in [-0.2, 0) is 15.1 Å². The van der Waals surface area contributed by atoms with Crippen molar-refractivity contribution in [3.8, 4) is 5.75 Å². The second-order valence-electron chi connectivity index (χ2n) is 7.69. The van der Waals surface area contributed by atoms with E-state index in [0.29, 0.717) is 11.3 Å². The maximum Gasteiger partial charge on any atom is 0.332 e. The number of esters is 1. The number of para-hydroxylation sites is 1. The van der Waals surface area contributed by atoms with Crippen molar-refractivity contribution in [2.75, 3.05) is 7.11 Å². The zero-order chi connectivity index (χ0) is 20.2. The van der Waals surface area contributed by atoms with Gasteiger partial charge in [0.05, 0.1) is 7.11 Å². The van der Waals surface area contributed by atoms with E-state index in [2.05, 4.69) is 6.58 Å². The minimum atomic E-state index is -1.45. The number of ether oxygens (including phenoxy) is 2. The quantitative estimate of drug-likeness (QED) is 0.604. The molecule has 0 spiro atoms. The minimum Gasteiger partial charge on any atom is -0.496 e. The van der Waals surface area contributed by atoms with Crippen LogP contribution in [0.4, 0.5) is 0 Å². The number of carbonyl (C=O) groups is 1. The summed E-state index contributed by atoms with van der Waals surface area (Å²) in [5, 5.41) is 0. The standard InChI is InChI=1S/C23H29NO3/c1-7-19(18-10-8-9-11-20(18)26-6)23(24,21(25)27-22(3,4)5)17-14-12-16(2)13-15-17/h7-15,19H,1,24H2,2-6H3/t19-,23+/m0/s1. The summed E-state index contributed by atoms with van der Waals surface area (Å²) in [4.78, 5) is 13.3. The van der Waals surface area contributed by atoms with Crippen LogP contribution in [0, 0.1) is 6.92 Å². The van der Waals surface area contributed by atoms with Gasteiger partial charge in [-0.3, -0.25) is 0 Å². The lowest BCUT2D eigenvalue weighted by atomic mass is 9.74. The van der Waals surface area contributed by atoms with Crippen molar-refractivity contribution in [2.45, 2.75) is 44.8 Å². The highest BCUT2D eigenvalue weighted by molar-refractivity contribution is 5.85. The average Bonchev–Trinajstić information content (AvgIpc) is 2.61. The van der Waals surface area contributed by atoms with Crippen molar-refractivity contribution < 1.29 is 14.3 Å². The minimum absolute atomic E-state index is 0.505. The summed E-state index contributed by atoms with van der Waals surface area (Å²) in [6.07, 6.45) is 1.68. The fourth-order valence-corrected chi connectivity index (χ4v) is 3.10. The van der Waals surface area contributed by atoms with Gasteiger partial charge in [-0.1, -0.05) is 54.1 Å². The number of hydrogen-bond donors (Lipinski definition) is 1. The molecule has 0 saturated heterocycles. The first-order valence-electron chi connectivity index (χ1n) is 8.98. The fourth-order valence-electron chi connectivity index (χ4n) is 3.10. The number of carbonyl (C=O) groups excluding carboxylic acids is 1. The van der Waals surface area contributed by atoms with Crippen molar-refractivity contribution in [1.29, 1.82) is 0 Å². The Hall–Kier alpha value is -2.59. The first-order chi connectivity index (χ1) is 12.6. The van der Waals surface area contributed by atoms with Gasteiger partial charge < -0.3 is 15.2 Å². The Bertz CT molecular complexity index is 805. The van der Waals surface area contributed by atoms with Crippen LogP contribution in [0.2, 0.25) is 0 Å². The SMILES string of the molecule is C=C[C@@H](c1ccccc1OC)[C@@](N)(C(=O)OC(C)(C)C)c1ccc(C)cc1. The summed E-state index contributed by atoms with van der Waals surface area (Å²) >= 11 is 0. The Morgan fingerprint density at radius 3 is 2.22 bits per heavy atom. The largest absolute Gasteiger partial charge is 0.496 e. The summed E-state index contributed by atoms with van der Waals surface area (Å²) in [7, 11) is 1.59. The molecule has 2 N–H and O–H groups in total. The number of aryl methyl sites for hydroxylation is 1. The van der Waals surface area contributed by atoms with Gasteiger partial charge >= 0.3 is 5.97 Å². The molecule has 2 rings (SSSR count). The average molecular weight is 367 g/mol. The van der Waals surface area contributed by atoms with Crippen molar-refractivity contribution >= 4 is 5.97 Å². The Balaban J connectivity index is 2.68. The molecule has 144 valence electrons. The van der Waals surface area contributed by atoms with Gasteiger partial charge in [0.15, 0.2) is 5.54 Å². The molecule has 0 radical (unpaired) electrons.